The number of fused-ring (bicyclic) bond motifs is 3. The molecule has 2 N–H and O–H groups in total. The van der Waals surface area contributed by atoms with Gasteiger partial charge in [0.25, 0.3) is 0 Å². The molecule has 0 saturated heterocycles. The first-order valence-corrected chi connectivity index (χ1v) is 8.29. The van der Waals surface area contributed by atoms with Crippen molar-refractivity contribution < 1.29 is 9.90 Å². The molecule has 1 amide bonds. The van der Waals surface area contributed by atoms with Gasteiger partial charge in [0.05, 0.1) is 25.6 Å². The van der Waals surface area contributed by atoms with Crippen molar-refractivity contribution in [3.8, 4) is 0 Å². The van der Waals surface area contributed by atoms with Crippen molar-refractivity contribution in [3.05, 3.63) is 71.4 Å². The van der Waals surface area contributed by atoms with Crippen molar-refractivity contribution in [2.45, 2.75) is 25.4 Å². The van der Waals surface area contributed by atoms with Crippen LogP contribution in [0.3, 0.4) is 0 Å². The first-order valence-electron chi connectivity index (χ1n) is 8.29. The van der Waals surface area contributed by atoms with E-state index < -0.39 is 0 Å². The number of nitrogens with zero attached hydrogens (tertiary/aromatic N) is 1. The maximum absolute atomic E-state index is 12.8. The van der Waals surface area contributed by atoms with E-state index in [2.05, 4.69) is 17.1 Å². The van der Waals surface area contributed by atoms with Gasteiger partial charge in [-0.25, -0.2) is 0 Å². The Bertz CT molecular complexity index is 870. The van der Waals surface area contributed by atoms with Gasteiger partial charge in [0.1, 0.15) is 0 Å². The molecule has 0 saturated carbocycles. The predicted octanol–water partition coefficient (Wildman–Crippen LogP) is 2.66. The second-order valence-electron chi connectivity index (χ2n) is 6.35. The highest BCUT2D eigenvalue weighted by atomic mass is 16.3. The highest BCUT2D eigenvalue weighted by molar-refractivity contribution is 5.86. The third-order valence-corrected chi connectivity index (χ3v) is 4.84. The average molecular weight is 320 g/mol. The lowest BCUT2D eigenvalue weighted by atomic mass is 9.96. The summed E-state index contributed by atoms with van der Waals surface area (Å²) in [4.78, 5) is 18.0. The number of H-pyrrole nitrogens is 1. The van der Waals surface area contributed by atoms with E-state index in [4.69, 9.17) is 0 Å². The monoisotopic (exact) mass is 320 g/mol. The average Bonchev–Trinajstić information content (AvgIpc) is 2.99. The van der Waals surface area contributed by atoms with Crippen LogP contribution in [-0.2, 0) is 24.2 Å². The fraction of sp³-hybridized carbons (Fsp3) is 0.250. The number of para-hydroxylation sites is 1. The number of rotatable bonds is 3. The molecule has 2 aromatic carbocycles. The van der Waals surface area contributed by atoms with Gasteiger partial charge in [-0.3, -0.25) is 4.79 Å². The van der Waals surface area contributed by atoms with Gasteiger partial charge in [-0.05, 0) is 23.6 Å². The zero-order chi connectivity index (χ0) is 16.5. The van der Waals surface area contributed by atoms with Crippen molar-refractivity contribution >= 4 is 16.8 Å². The molecule has 0 radical (unpaired) electrons. The molecule has 3 aromatic rings. The molecule has 2 heterocycles. The lowest BCUT2D eigenvalue weighted by Crippen LogP contribution is -2.46. The van der Waals surface area contributed by atoms with E-state index in [1.54, 1.807) is 0 Å². The normalized spacial score (nSPS) is 17.0. The van der Waals surface area contributed by atoms with Crippen LogP contribution >= 0.6 is 0 Å². The Hall–Kier alpha value is -2.59. The summed E-state index contributed by atoms with van der Waals surface area (Å²) in [5, 5.41) is 11.0. The number of benzene rings is 2. The highest BCUT2D eigenvalue weighted by Crippen LogP contribution is 2.30. The molecule has 1 atom stereocenters. The maximum Gasteiger partial charge on any atom is 0.227 e. The highest BCUT2D eigenvalue weighted by Gasteiger charge is 2.31. The summed E-state index contributed by atoms with van der Waals surface area (Å²) in [6, 6.07) is 17.8. The summed E-state index contributed by atoms with van der Waals surface area (Å²) < 4.78 is 0. The number of amides is 1. The smallest absolute Gasteiger partial charge is 0.227 e. The van der Waals surface area contributed by atoms with E-state index in [-0.39, 0.29) is 18.6 Å². The first-order chi connectivity index (χ1) is 11.8. The van der Waals surface area contributed by atoms with Crippen LogP contribution in [0, 0.1) is 0 Å². The zero-order valence-corrected chi connectivity index (χ0v) is 13.4. The number of nitrogens with one attached hydrogen (secondary N) is 1. The van der Waals surface area contributed by atoms with E-state index in [0.717, 1.165) is 16.8 Å². The second kappa shape index (κ2) is 6.13. The molecule has 1 aliphatic heterocycles. The van der Waals surface area contributed by atoms with Gasteiger partial charge >= 0.3 is 0 Å². The van der Waals surface area contributed by atoms with E-state index in [1.807, 2.05) is 47.4 Å². The number of carbonyl (C=O) groups excluding carboxylic acids is 1. The predicted molar refractivity (Wildman–Crippen MR) is 93.6 cm³/mol. The molecule has 4 nitrogen and oxygen atoms in total. The molecular formula is C20H20N2O2. The van der Waals surface area contributed by atoms with Gasteiger partial charge in [0.15, 0.2) is 0 Å². The second-order valence-corrected chi connectivity index (χ2v) is 6.35. The lowest BCUT2D eigenvalue weighted by Gasteiger charge is -2.35. The van der Waals surface area contributed by atoms with Gasteiger partial charge in [-0.2, -0.15) is 0 Å². The molecule has 122 valence electrons. The van der Waals surface area contributed by atoms with Crippen molar-refractivity contribution in [2.24, 2.45) is 0 Å². The minimum Gasteiger partial charge on any atom is -0.394 e. The quantitative estimate of drug-likeness (QED) is 0.779. The summed E-state index contributed by atoms with van der Waals surface area (Å²) in [7, 11) is 0. The minimum absolute atomic E-state index is 0.0144. The third-order valence-electron chi connectivity index (χ3n) is 4.84. The van der Waals surface area contributed by atoms with Gasteiger partial charge in [-0.1, -0.05) is 48.5 Å². The molecular weight excluding hydrogens is 300 g/mol. The number of hydrogen-bond acceptors (Lipinski definition) is 2. The Kier molecular flexibility index (Phi) is 3.82. The first kappa shape index (κ1) is 15.0. The van der Waals surface area contributed by atoms with Crippen molar-refractivity contribution in [1.82, 2.24) is 9.88 Å². The topological polar surface area (TPSA) is 56.3 Å². The Morgan fingerprint density at radius 1 is 1.12 bits per heavy atom. The number of aromatic nitrogens is 1. The molecule has 0 aliphatic carbocycles. The standard InChI is InChI=1S/C20H20N2O2/c23-13-15-11-17-16-8-4-5-9-18(16)21-19(17)12-22(15)20(24)10-14-6-2-1-3-7-14/h1-9,15,21,23H,10-13H2. The Morgan fingerprint density at radius 3 is 2.67 bits per heavy atom. The SMILES string of the molecule is O=C(Cc1ccccc1)N1Cc2[nH]c3ccccc3c2CC1CO. The van der Waals surface area contributed by atoms with Gasteiger partial charge in [-0.15, -0.1) is 0 Å². The van der Waals surface area contributed by atoms with Crippen molar-refractivity contribution in [3.63, 3.8) is 0 Å². The number of aliphatic hydroxyl groups excluding tert-OH is 1. The summed E-state index contributed by atoms with van der Waals surface area (Å²) in [6.45, 7) is 0.514. The van der Waals surface area contributed by atoms with Crippen LogP contribution in [0.25, 0.3) is 10.9 Å². The summed E-state index contributed by atoms with van der Waals surface area (Å²) in [5.74, 6) is 0.0598. The fourth-order valence-corrected chi connectivity index (χ4v) is 3.60. The van der Waals surface area contributed by atoms with Crippen LogP contribution in [0.1, 0.15) is 16.8 Å². The summed E-state index contributed by atoms with van der Waals surface area (Å²) >= 11 is 0. The van der Waals surface area contributed by atoms with Gasteiger partial charge in [0, 0.05) is 16.6 Å². The van der Waals surface area contributed by atoms with Crippen LogP contribution in [0.15, 0.2) is 54.6 Å². The van der Waals surface area contributed by atoms with E-state index in [1.165, 1.54) is 10.9 Å². The molecule has 4 rings (SSSR count). The third kappa shape index (κ3) is 2.59. The zero-order valence-electron chi connectivity index (χ0n) is 13.4. The van der Waals surface area contributed by atoms with Crippen LogP contribution in [-0.4, -0.2) is 33.5 Å². The summed E-state index contributed by atoms with van der Waals surface area (Å²) in [6.07, 6.45) is 1.06. The van der Waals surface area contributed by atoms with Crippen LogP contribution in [0.5, 0.6) is 0 Å². The molecule has 1 unspecified atom stereocenters. The summed E-state index contributed by atoms with van der Waals surface area (Å²) in [5.41, 5.74) is 4.41. The molecule has 4 heteroatoms. The van der Waals surface area contributed by atoms with E-state index >= 15 is 0 Å². The van der Waals surface area contributed by atoms with Crippen molar-refractivity contribution in [2.75, 3.05) is 6.61 Å². The Balaban J connectivity index is 1.63. The Morgan fingerprint density at radius 2 is 1.88 bits per heavy atom. The van der Waals surface area contributed by atoms with E-state index in [0.29, 0.717) is 19.4 Å². The number of carbonyl (C=O) groups is 1. The fourth-order valence-electron chi connectivity index (χ4n) is 3.60. The molecule has 1 aliphatic rings. The molecule has 0 bridgehead atoms. The van der Waals surface area contributed by atoms with Gasteiger partial charge < -0.3 is 15.0 Å². The molecule has 1 aromatic heterocycles. The number of aliphatic hydroxyl groups is 1. The van der Waals surface area contributed by atoms with Crippen LogP contribution < -0.4 is 0 Å². The van der Waals surface area contributed by atoms with Crippen LogP contribution in [0.2, 0.25) is 0 Å². The number of aromatic amines is 1. The lowest BCUT2D eigenvalue weighted by molar-refractivity contribution is -0.135. The maximum atomic E-state index is 12.8. The van der Waals surface area contributed by atoms with Crippen LogP contribution in [0.4, 0.5) is 0 Å². The number of hydrogen-bond donors (Lipinski definition) is 2. The Labute approximate surface area is 140 Å². The minimum atomic E-state index is -0.159. The van der Waals surface area contributed by atoms with Crippen molar-refractivity contribution in [1.29, 1.82) is 0 Å². The van der Waals surface area contributed by atoms with Gasteiger partial charge in [0.2, 0.25) is 5.91 Å². The largest absolute Gasteiger partial charge is 0.394 e. The molecule has 0 spiro atoms. The molecule has 24 heavy (non-hydrogen) atoms. The van der Waals surface area contributed by atoms with E-state index in [9.17, 15) is 9.90 Å². The molecule has 0 fully saturated rings.